The van der Waals surface area contributed by atoms with Gasteiger partial charge in [0.25, 0.3) is 0 Å². The number of fused-ring (bicyclic) bond motifs is 2. The van der Waals surface area contributed by atoms with Crippen LogP contribution < -0.4 is 4.90 Å². The van der Waals surface area contributed by atoms with E-state index in [1.54, 1.807) is 0 Å². The molecule has 4 heterocycles. The summed E-state index contributed by atoms with van der Waals surface area (Å²) in [5, 5.41) is 0. The molecule has 6 nitrogen and oxygen atoms in total. The van der Waals surface area contributed by atoms with E-state index in [0.29, 0.717) is 25.1 Å². The Hall–Kier alpha value is -2.89. The normalized spacial score (nSPS) is 26.1. The molecule has 1 amide bonds. The van der Waals surface area contributed by atoms with Crippen molar-refractivity contribution in [3.63, 3.8) is 0 Å². The van der Waals surface area contributed by atoms with E-state index in [2.05, 4.69) is 17.0 Å². The molecule has 3 fully saturated rings. The molecule has 2 saturated heterocycles. The summed E-state index contributed by atoms with van der Waals surface area (Å²) in [4.78, 5) is 34.9. The van der Waals surface area contributed by atoms with E-state index in [1.165, 1.54) is 19.3 Å². The van der Waals surface area contributed by atoms with E-state index in [-0.39, 0.29) is 11.9 Å². The largest absolute Gasteiger partial charge is 0.449 e. The first-order valence-corrected chi connectivity index (χ1v) is 11.5. The third-order valence-electron chi connectivity index (χ3n) is 7.58. The maximum absolute atomic E-state index is 13.6. The quantitative estimate of drug-likeness (QED) is 0.717. The summed E-state index contributed by atoms with van der Waals surface area (Å²) < 4.78 is 5.83. The first-order chi connectivity index (χ1) is 15.1. The van der Waals surface area contributed by atoms with Crippen molar-refractivity contribution in [2.24, 2.45) is 0 Å². The number of amides is 1. The van der Waals surface area contributed by atoms with E-state index in [9.17, 15) is 9.59 Å². The lowest BCUT2D eigenvalue weighted by Crippen LogP contribution is -2.40. The zero-order chi connectivity index (χ0) is 21.1. The minimum atomic E-state index is -0.685. The summed E-state index contributed by atoms with van der Waals surface area (Å²) in [6.45, 7) is 3.18. The van der Waals surface area contributed by atoms with Crippen molar-refractivity contribution < 1.29 is 14.3 Å². The highest BCUT2D eigenvalue weighted by atomic mass is 16.6. The van der Waals surface area contributed by atoms with Gasteiger partial charge in [-0.2, -0.15) is 0 Å². The lowest BCUT2D eigenvalue weighted by molar-refractivity contribution is -0.134. The number of hydrogen-bond donors (Lipinski definition) is 0. The Morgan fingerprint density at radius 1 is 0.968 bits per heavy atom. The third-order valence-corrected chi connectivity index (χ3v) is 7.58. The van der Waals surface area contributed by atoms with Gasteiger partial charge in [-0.3, -0.25) is 4.79 Å². The number of carbonyl (C=O) groups excluding carboxylic acids is 2. The molecule has 3 aliphatic heterocycles. The Morgan fingerprint density at radius 3 is 2.52 bits per heavy atom. The average molecular weight is 418 g/mol. The molecule has 1 saturated carbocycles. The number of piperidine rings is 1. The standard InChI is InChI=1S/C25H27N3O3/c29-22-19-6-2-3-7-20(19)25(31-22)12-15-28(17-25)23(30)24(10-11-24)18-8-9-21(26-16-18)27-13-4-1-5-14-27/h2-3,6-9,16H,1,4-5,10-15,17H2/t25-/m0/s1. The van der Waals surface area contributed by atoms with Gasteiger partial charge in [0.1, 0.15) is 5.82 Å². The Labute approximate surface area is 182 Å². The molecule has 1 atom stereocenters. The van der Waals surface area contributed by atoms with Crippen LogP contribution in [0.15, 0.2) is 42.6 Å². The van der Waals surface area contributed by atoms with Gasteiger partial charge in [0, 0.05) is 37.8 Å². The summed E-state index contributed by atoms with van der Waals surface area (Å²) in [5.41, 5.74) is 1.43. The van der Waals surface area contributed by atoms with Crippen LogP contribution in [0.4, 0.5) is 5.82 Å². The van der Waals surface area contributed by atoms with Crippen molar-refractivity contribution in [2.45, 2.75) is 49.5 Å². The highest BCUT2D eigenvalue weighted by Gasteiger charge is 2.57. The summed E-state index contributed by atoms with van der Waals surface area (Å²) in [6, 6.07) is 11.7. The first kappa shape index (κ1) is 18.8. The number of hydrogen-bond acceptors (Lipinski definition) is 5. The van der Waals surface area contributed by atoms with E-state index < -0.39 is 11.0 Å². The van der Waals surface area contributed by atoms with Gasteiger partial charge < -0.3 is 14.5 Å². The minimum absolute atomic E-state index is 0.150. The Bertz CT molecular complexity index is 1040. The van der Waals surface area contributed by atoms with Crippen LogP contribution in [0.3, 0.4) is 0 Å². The lowest BCUT2D eigenvalue weighted by Gasteiger charge is -2.29. The predicted molar refractivity (Wildman–Crippen MR) is 116 cm³/mol. The molecule has 160 valence electrons. The molecule has 1 aromatic heterocycles. The van der Waals surface area contributed by atoms with Crippen molar-refractivity contribution in [3.8, 4) is 0 Å². The van der Waals surface area contributed by atoms with Crippen molar-refractivity contribution >= 4 is 17.7 Å². The monoisotopic (exact) mass is 417 g/mol. The van der Waals surface area contributed by atoms with Gasteiger partial charge in [-0.05, 0) is 49.8 Å². The zero-order valence-electron chi connectivity index (χ0n) is 17.7. The van der Waals surface area contributed by atoms with Crippen LogP contribution in [0.5, 0.6) is 0 Å². The molecular weight excluding hydrogens is 390 g/mol. The SMILES string of the molecule is O=C1O[C@]2(CCN(C(=O)C3(c4ccc(N5CCCCC5)nc4)CC3)C2)c2ccccc21. The molecule has 6 rings (SSSR count). The van der Waals surface area contributed by atoms with E-state index in [0.717, 1.165) is 42.9 Å². The van der Waals surface area contributed by atoms with Crippen molar-refractivity contribution in [3.05, 3.63) is 59.3 Å². The number of aromatic nitrogens is 1. The van der Waals surface area contributed by atoms with Crippen LogP contribution >= 0.6 is 0 Å². The maximum Gasteiger partial charge on any atom is 0.339 e. The fourth-order valence-corrected chi connectivity index (χ4v) is 5.64. The van der Waals surface area contributed by atoms with Crippen LogP contribution in [0.25, 0.3) is 0 Å². The molecular formula is C25H27N3O3. The average Bonchev–Trinajstić information content (AvgIpc) is 3.46. The van der Waals surface area contributed by atoms with Gasteiger partial charge in [0.2, 0.25) is 5.91 Å². The molecule has 0 unspecified atom stereocenters. The molecule has 0 N–H and O–H groups in total. The first-order valence-electron chi connectivity index (χ1n) is 11.5. The molecule has 6 heteroatoms. The second-order valence-corrected chi connectivity index (χ2v) is 9.44. The molecule has 31 heavy (non-hydrogen) atoms. The van der Waals surface area contributed by atoms with Gasteiger partial charge in [-0.15, -0.1) is 0 Å². The minimum Gasteiger partial charge on any atom is -0.449 e. The number of benzene rings is 1. The third kappa shape index (κ3) is 2.87. The van der Waals surface area contributed by atoms with Gasteiger partial charge >= 0.3 is 5.97 Å². The summed E-state index contributed by atoms with van der Waals surface area (Å²) in [6.07, 6.45) is 8.01. The van der Waals surface area contributed by atoms with Gasteiger partial charge in [-0.25, -0.2) is 9.78 Å². The van der Waals surface area contributed by atoms with Crippen LogP contribution in [0, 0.1) is 0 Å². The Kier molecular flexibility index (Phi) is 4.14. The number of anilines is 1. The number of nitrogens with zero attached hydrogens (tertiary/aromatic N) is 3. The van der Waals surface area contributed by atoms with Crippen LogP contribution in [-0.2, 0) is 20.5 Å². The number of carbonyl (C=O) groups is 2. The fourth-order valence-electron chi connectivity index (χ4n) is 5.64. The van der Waals surface area contributed by atoms with Crippen LogP contribution in [0.2, 0.25) is 0 Å². The molecule has 1 aliphatic carbocycles. The van der Waals surface area contributed by atoms with Crippen molar-refractivity contribution in [1.82, 2.24) is 9.88 Å². The number of likely N-dealkylation sites (tertiary alicyclic amines) is 1. The van der Waals surface area contributed by atoms with Gasteiger partial charge in [-0.1, -0.05) is 24.3 Å². The maximum atomic E-state index is 13.6. The highest BCUT2D eigenvalue weighted by Crippen LogP contribution is 2.52. The highest BCUT2D eigenvalue weighted by molar-refractivity contribution is 5.96. The summed E-state index contributed by atoms with van der Waals surface area (Å²) in [7, 11) is 0. The zero-order valence-corrected chi connectivity index (χ0v) is 17.7. The molecule has 4 aliphatic rings. The summed E-state index contributed by atoms with van der Waals surface area (Å²) >= 11 is 0. The van der Waals surface area contributed by atoms with Crippen LogP contribution in [-0.4, -0.2) is 47.9 Å². The van der Waals surface area contributed by atoms with E-state index in [1.807, 2.05) is 35.4 Å². The second kappa shape index (κ2) is 6.81. The van der Waals surface area contributed by atoms with Gasteiger partial charge in [0.15, 0.2) is 5.60 Å². The van der Waals surface area contributed by atoms with E-state index >= 15 is 0 Å². The number of pyridine rings is 1. The van der Waals surface area contributed by atoms with E-state index in [4.69, 9.17) is 9.72 Å². The predicted octanol–water partition coefficient (Wildman–Crippen LogP) is 3.40. The van der Waals surface area contributed by atoms with Crippen molar-refractivity contribution in [2.75, 3.05) is 31.1 Å². The van der Waals surface area contributed by atoms with Crippen LogP contribution in [0.1, 0.15) is 60.0 Å². The lowest BCUT2D eigenvalue weighted by atomic mass is 9.91. The van der Waals surface area contributed by atoms with Gasteiger partial charge in [0.05, 0.1) is 17.5 Å². The molecule has 0 radical (unpaired) electrons. The summed E-state index contributed by atoms with van der Waals surface area (Å²) in [5.74, 6) is 0.891. The molecule has 2 aromatic rings. The topological polar surface area (TPSA) is 62.7 Å². The molecule has 1 aromatic carbocycles. The number of rotatable bonds is 3. The second-order valence-electron chi connectivity index (χ2n) is 9.44. The Morgan fingerprint density at radius 2 is 1.77 bits per heavy atom. The smallest absolute Gasteiger partial charge is 0.339 e. The Balaban J connectivity index is 1.21. The number of ether oxygens (including phenoxy) is 1. The molecule has 0 bridgehead atoms. The molecule has 1 spiro atoms. The fraction of sp³-hybridized carbons (Fsp3) is 0.480. The van der Waals surface area contributed by atoms with Crippen molar-refractivity contribution in [1.29, 1.82) is 0 Å². The number of esters is 1.